The molecule has 0 radical (unpaired) electrons. The highest BCUT2D eigenvalue weighted by Crippen LogP contribution is 2.18. The quantitative estimate of drug-likeness (QED) is 0.315. The highest BCUT2D eigenvalue weighted by Gasteiger charge is 2.20. The Hall–Kier alpha value is -1.58. The summed E-state index contributed by atoms with van der Waals surface area (Å²) in [7, 11) is 1.80. The van der Waals surface area contributed by atoms with E-state index in [1.54, 1.807) is 7.05 Å². The highest BCUT2D eigenvalue weighted by atomic mass is 127. The molecule has 2 aromatic rings. The fourth-order valence-corrected chi connectivity index (χ4v) is 3.58. The molecule has 1 aromatic heterocycles. The maximum Gasteiger partial charge on any atom is 0.191 e. The van der Waals surface area contributed by atoms with Gasteiger partial charge in [0, 0.05) is 43.9 Å². The number of halogens is 2. The van der Waals surface area contributed by atoms with Gasteiger partial charge in [-0.2, -0.15) is 0 Å². The SMILES string of the molecule is CN=C(NCC(C)Oc1cccc(Cl)c1)NC1CCN(Cc2ccccn2)CC1.I. The lowest BCUT2D eigenvalue weighted by molar-refractivity contribution is 0.195. The molecule has 2 heterocycles. The van der Waals surface area contributed by atoms with E-state index in [1.165, 1.54) is 0 Å². The van der Waals surface area contributed by atoms with Gasteiger partial charge < -0.3 is 15.4 Å². The third-order valence-corrected chi connectivity index (χ3v) is 5.19. The average molecular weight is 544 g/mol. The van der Waals surface area contributed by atoms with Crippen LogP contribution in [0, 0.1) is 0 Å². The molecule has 1 aromatic carbocycles. The van der Waals surface area contributed by atoms with Crippen LogP contribution >= 0.6 is 35.6 Å². The number of nitrogens with zero attached hydrogens (tertiary/aromatic N) is 3. The third-order valence-electron chi connectivity index (χ3n) is 4.95. The fraction of sp³-hybridized carbons (Fsp3) is 0.455. The van der Waals surface area contributed by atoms with Crippen LogP contribution in [0.1, 0.15) is 25.5 Å². The Labute approximate surface area is 201 Å². The lowest BCUT2D eigenvalue weighted by atomic mass is 10.0. The van der Waals surface area contributed by atoms with E-state index in [2.05, 4.69) is 31.6 Å². The second-order valence-corrected chi connectivity index (χ2v) is 7.79. The van der Waals surface area contributed by atoms with Crippen LogP contribution in [0.15, 0.2) is 53.7 Å². The smallest absolute Gasteiger partial charge is 0.191 e. The summed E-state index contributed by atoms with van der Waals surface area (Å²) < 4.78 is 5.91. The van der Waals surface area contributed by atoms with E-state index < -0.39 is 0 Å². The minimum Gasteiger partial charge on any atom is -0.489 e. The number of aromatic nitrogens is 1. The van der Waals surface area contributed by atoms with E-state index in [-0.39, 0.29) is 30.1 Å². The number of hydrogen-bond donors (Lipinski definition) is 2. The molecule has 1 unspecified atom stereocenters. The van der Waals surface area contributed by atoms with Crippen molar-refractivity contribution in [1.29, 1.82) is 0 Å². The van der Waals surface area contributed by atoms with Crippen LogP contribution in [-0.2, 0) is 6.54 Å². The molecule has 1 aliphatic heterocycles. The van der Waals surface area contributed by atoms with Gasteiger partial charge in [0.25, 0.3) is 0 Å². The first kappa shape index (κ1) is 24.7. The van der Waals surface area contributed by atoms with E-state index in [9.17, 15) is 0 Å². The second kappa shape index (κ2) is 13.0. The molecule has 3 rings (SSSR count). The van der Waals surface area contributed by atoms with Crippen molar-refractivity contribution in [2.24, 2.45) is 4.99 Å². The molecular formula is C22H31ClIN5O. The zero-order valence-corrected chi connectivity index (χ0v) is 20.6. The number of hydrogen-bond acceptors (Lipinski definition) is 4. The molecule has 30 heavy (non-hydrogen) atoms. The molecule has 1 fully saturated rings. The van der Waals surface area contributed by atoms with Gasteiger partial charge in [0.05, 0.1) is 12.2 Å². The van der Waals surface area contributed by atoms with Crippen molar-refractivity contribution < 1.29 is 4.74 Å². The van der Waals surface area contributed by atoms with Crippen LogP contribution in [0.3, 0.4) is 0 Å². The average Bonchev–Trinajstić information content (AvgIpc) is 2.73. The van der Waals surface area contributed by atoms with Gasteiger partial charge in [0.2, 0.25) is 0 Å². The third kappa shape index (κ3) is 8.28. The summed E-state index contributed by atoms with van der Waals surface area (Å²) in [4.78, 5) is 11.2. The Morgan fingerprint density at radius 1 is 1.27 bits per heavy atom. The molecule has 6 nitrogen and oxygen atoms in total. The Morgan fingerprint density at radius 3 is 2.73 bits per heavy atom. The minimum atomic E-state index is -0.00719. The summed E-state index contributed by atoms with van der Waals surface area (Å²) >= 11 is 6.01. The molecule has 0 saturated carbocycles. The van der Waals surface area contributed by atoms with Crippen molar-refractivity contribution in [3.8, 4) is 5.75 Å². The van der Waals surface area contributed by atoms with Crippen LogP contribution in [0.25, 0.3) is 0 Å². The maximum atomic E-state index is 6.01. The van der Waals surface area contributed by atoms with E-state index in [0.717, 1.165) is 49.9 Å². The van der Waals surface area contributed by atoms with Crippen LogP contribution < -0.4 is 15.4 Å². The van der Waals surface area contributed by atoms with Gasteiger partial charge in [-0.1, -0.05) is 23.7 Å². The number of ether oxygens (including phenoxy) is 1. The number of nitrogens with one attached hydrogen (secondary N) is 2. The summed E-state index contributed by atoms with van der Waals surface area (Å²) in [5, 5.41) is 7.57. The Balaban J connectivity index is 0.00000320. The van der Waals surface area contributed by atoms with Crippen LogP contribution in [0.4, 0.5) is 0 Å². The molecule has 8 heteroatoms. The zero-order chi connectivity index (χ0) is 20.5. The molecule has 0 amide bonds. The molecule has 1 saturated heterocycles. The van der Waals surface area contributed by atoms with E-state index >= 15 is 0 Å². The number of benzene rings is 1. The summed E-state index contributed by atoms with van der Waals surface area (Å²) in [5.41, 5.74) is 1.13. The zero-order valence-electron chi connectivity index (χ0n) is 17.6. The number of guanidine groups is 1. The van der Waals surface area contributed by atoms with Gasteiger partial charge in [0.1, 0.15) is 11.9 Å². The summed E-state index contributed by atoms with van der Waals surface area (Å²) in [6.07, 6.45) is 4.02. The summed E-state index contributed by atoms with van der Waals surface area (Å²) in [6.45, 7) is 5.71. The monoisotopic (exact) mass is 543 g/mol. The number of likely N-dealkylation sites (tertiary alicyclic amines) is 1. The molecule has 0 spiro atoms. The first-order chi connectivity index (χ1) is 14.1. The predicted molar refractivity (Wildman–Crippen MR) is 134 cm³/mol. The van der Waals surface area contributed by atoms with Crippen LogP contribution in [0.5, 0.6) is 5.75 Å². The molecule has 0 aliphatic carbocycles. The Bertz CT molecular complexity index is 784. The summed E-state index contributed by atoms with van der Waals surface area (Å²) in [6, 6.07) is 14.0. The molecule has 1 atom stereocenters. The lowest BCUT2D eigenvalue weighted by Gasteiger charge is -2.33. The number of pyridine rings is 1. The van der Waals surface area contributed by atoms with Crippen molar-refractivity contribution in [2.75, 3.05) is 26.7 Å². The van der Waals surface area contributed by atoms with Gasteiger partial charge in [-0.3, -0.25) is 14.9 Å². The number of aliphatic imine (C=N–C) groups is 1. The molecule has 1 aliphatic rings. The fourth-order valence-electron chi connectivity index (χ4n) is 3.40. The number of piperidine rings is 1. The van der Waals surface area contributed by atoms with Gasteiger partial charge >= 0.3 is 0 Å². The van der Waals surface area contributed by atoms with E-state index in [1.807, 2.05) is 49.5 Å². The topological polar surface area (TPSA) is 61.8 Å². The van der Waals surface area contributed by atoms with Crippen LogP contribution in [0.2, 0.25) is 5.02 Å². The van der Waals surface area contributed by atoms with E-state index in [4.69, 9.17) is 16.3 Å². The second-order valence-electron chi connectivity index (χ2n) is 7.35. The number of rotatable bonds is 7. The van der Waals surface area contributed by atoms with Crippen LogP contribution in [-0.4, -0.2) is 54.7 Å². The largest absolute Gasteiger partial charge is 0.489 e. The maximum absolute atomic E-state index is 6.01. The minimum absolute atomic E-state index is 0. The first-order valence-electron chi connectivity index (χ1n) is 10.1. The molecule has 164 valence electrons. The Kier molecular flexibility index (Phi) is 10.7. The van der Waals surface area contributed by atoms with Crippen molar-refractivity contribution in [3.05, 3.63) is 59.4 Å². The van der Waals surface area contributed by atoms with E-state index in [0.29, 0.717) is 17.6 Å². The van der Waals surface area contributed by atoms with Gasteiger partial charge in [-0.05, 0) is 50.1 Å². The molecule has 2 N–H and O–H groups in total. The highest BCUT2D eigenvalue weighted by molar-refractivity contribution is 14.0. The standard InChI is InChI=1S/C22H30ClN5O.HI/c1-17(29-21-8-5-6-18(23)14-21)15-26-22(24-2)27-19-9-12-28(13-10-19)16-20-7-3-4-11-25-20;/h3-8,11,14,17,19H,9-10,12-13,15-16H2,1-2H3,(H2,24,26,27);1H. The normalized spacial score (nSPS) is 16.4. The summed E-state index contributed by atoms with van der Waals surface area (Å²) in [5.74, 6) is 1.59. The van der Waals surface area contributed by atoms with Crippen molar-refractivity contribution in [2.45, 2.75) is 38.5 Å². The van der Waals surface area contributed by atoms with Crippen molar-refractivity contribution in [1.82, 2.24) is 20.5 Å². The van der Waals surface area contributed by atoms with Gasteiger partial charge in [0.15, 0.2) is 5.96 Å². The predicted octanol–water partition coefficient (Wildman–Crippen LogP) is 3.95. The van der Waals surface area contributed by atoms with Crippen molar-refractivity contribution >= 4 is 41.5 Å². The van der Waals surface area contributed by atoms with Crippen molar-refractivity contribution in [3.63, 3.8) is 0 Å². The molecule has 0 bridgehead atoms. The molecular weight excluding hydrogens is 513 g/mol. The lowest BCUT2D eigenvalue weighted by Crippen LogP contribution is -2.49. The van der Waals surface area contributed by atoms with Gasteiger partial charge in [-0.25, -0.2) is 0 Å². The Morgan fingerprint density at radius 2 is 2.07 bits per heavy atom. The first-order valence-corrected chi connectivity index (χ1v) is 10.5. The van der Waals surface area contributed by atoms with Gasteiger partial charge in [-0.15, -0.1) is 24.0 Å².